The lowest BCUT2D eigenvalue weighted by Crippen LogP contribution is -2.51. The van der Waals surface area contributed by atoms with Crippen LogP contribution in [0.1, 0.15) is 87.6 Å². The molecule has 0 bridgehead atoms. The predicted molar refractivity (Wildman–Crippen MR) is 123 cm³/mol. The SMILES string of the molecule is COc1ccc(C(=O)[C@H]2CC[C@H]3[C@@H]4CC[C@H]5C[C@](C)(O)CC[C@@H]5[C@H]4CC[C@]23C)c(C)c1. The molecule has 0 spiro atoms. The number of carbonyl (C=O) groups is 1. The standard InChI is InChI=1S/C28H40O3/c1-17-15-19(31-4)6-8-20(17)26(29)25-10-9-24-23-7-5-18-16-27(2,30)13-11-21(18)22(23)12-14-28(24,25)3/h6,8,15,18,21-25,30H,5,7,9-14,16H2,1-4H3/t18-,21-,22+,23+,24-,25+,27+,28-/m0/s1. The normalized spacial score (nSPS) is 44.2. The largest absolute Gasteiger partial charge is 0.497 e. The fourth-order valence-corrected chi connectivity index (χ4v) is 8.74. The molecule has 4 aliphatic rings. The highest BCUT2D eigenvalue weighted by Gasteiger charge is 2.58. The number of benzene rings is 1. The molecule has 4 saturated carbocycles. The molecule has 8 atom stereocenters. The first-order chi connectivity index (χ1) is 14.7. The minimum absolute atomic E-state index is 0.150. The fourth-order valence-electron chi connectivity index (χ4n) is 8.74. The molecule has 5 rings (SSSR count). The molecule has 0 radical (unpaired) electrons. The molecule has 4 aliphatic carbocycles. The Bertz CT molecular complexity index is 858. The first-order valence-electron chi connectivity index (χ1n) is 12.6. The molecule has 1 aromatic carbocycles. The van der Waals surface area contributed by atoms with Gasteiger partial charge in [-0.05, 0) is 130 Å². The van der Waals surface area contributed by atoms with Gasteiger partial charge in [-0.2, -0.15) is 0 Å². The zero-order chi connectivity index (χ0) is 22.0. The number of ketones is 1. The van der Waals surface area contributed by atoms with Crippen molar-refractivity contribution in [2.45, 2.75) is 84.2 Å². The molecule has 0 aromatic heterocycles. The van der Waals surface area contributed by atoms with E-state index < -0.39 is 5.60 Å². The molecule has 1 N–H and O–H groups in total. The Morgan fingerprint density at radius 2 is 1.77 bits per heavy atom. The van der Waals surface area contributed by atoms with Crippen LogP contribution in [0, 0.1) is 47.8 Å². The monoisotopic (exact) mass is 424 g/mol. The number of hydrogen-bond donors (Lipinski definition) is 1. The maximum absolute atomic E-state index is 13.7. The third-order valence-electron chi connectivity index (χ3n) is 10.3. The molecule has 170 valence electrons. The van der Waals surface area contributed by atoms with Crippen molar-refractivity contribution in [1.29, 1.82) is 0 Å². The van der Waals surface area contributed by atoms with Gasteiger partial charge >= 0.3 is 0 Å². The van der Waals surface area contributed by atoms with E-state index in [-0.39, 0.29) is 11.3 Å². The molecular weight excluding hydrogens is 384 g/mol. The van der Waals surface area contributed by atoms with Crippen molar-refractivity contribution in [3.05, 3.63) is 29.3 Å². The summed E-state index contributed by atoms with van der Waals surface area (Å²) in [5, 5.41) is 10.6. The van der Waals surface area contributed by atoms with Gasteiger partial charge in [0.15, 0.2) is 5.78 Å². The fraction of sp³-hybridized carbons (Fsp3) is 0.750. The highest BCUT2D eigenvalue weighted by molar-refractivity contribution is 6.00. The number of rotatable bonds is 3. The molecule has 0 aliphatic heterocycles. The smallest absolute Gasteiger partial charge is 0.166 e. The Hall–Kier alpha value is -1.35. The summed E-state index contributed by atoms with van der Waals surface area (Å²) in [5.74, 6) is 5.19. The van der Waals surface area contributed by atoms with E-state index in [0.29, 0.717) is 11.7 Å². The maximum atomic E-state index is 13.7. The van der Waals surface area contributed by atoms with Crippen LogP contribution >= 0.6 is 0 Å². The Morgan fingerprint density at radius 3 is 2.52 bits per heavy atom. The molecule has 0 amide bonds. The summed E-state index contributed by atoms with van der Waals surface area (Å²) in [5.41, 5.74) is 1.64. The number of aryl methyl sites for hydroxylation is 1. The molecule has 0 saturated heterocycles. The van der Waals surface area contributed by atoms with Crippen molar-refractivity contribution in [1.82, 2.24) is 0 Å². The molecular formula is C28H40O3. The Labute approximate surface area is 188 Å². The van der Waals surface area contributed by atoms with Gasteiger partial charge in [0.25, 0.3) is 0 Å². The lowest BCUT2D eigenvalue weighted by atomic mass is 9.49. The number of Topliss-reactive ketones (excluding diaryl/α,β-unsaturated/α-hetero) is 1. The minimum atomic E-state index is -0.446. The Kier molecular flexibility index (Phi) is 5.28. The summed E-state index contributed by atoms with van der Waals surface area (Å²) in [4.78, 5) is 13.7. The van der Waals surface area contributed by atoms with Gasteiger partial charge in [-0.25, -0.2) is 0 Å². The number of aliphatic hydroxyl groups is 1. The van der Waals surface area contributed by atoms with Gasteiger partial charge in [-0.15, -0.1) is 0 Å². The average Bonchev–Trinajstić information content (AvgIpc) is 3.09. The van der Waals surface area contributed by atoms with Crippen LogP contribution in [-0.4, -0.2) is 23.6 Å². The van der Waals surface area contributed by atoms with Gasteiger partial charge in [0.1, 0.15) is 5.75 Å². The van der Waals surface area contributed by atoms with Crippen LogP contribution in [0.5, 0.6) is 5.75 Å². The predicted octanol–water partition coefficient (Wildman–Crippen LogP) is 6.21. The number of ether oxygens (including phenoxy) is 1. The first kappa shape index (κ1) is 21.5. The van der Waals surface area contributed by atoms with Crippen molar-refractivity contribution < 1.29 is 14.6 Å². The van der Waals surface area contributed by atoms with Crippen LogP contribution in [0.25, 0.3) is 0 Å². The molecule has 0 heterocycles. The van der Waals surface area contributed by atoms with Gasteiger partial charge in [-0.1, -0.05) is 6.92 Å². The summed E-state index contributed by atoms with van der Waals surface area (Å²) in [6.45, 7) is 6.53. The minimum Gasteiger partial charge on any atom is -0.497 e. The van der Waals surface area contributed by atoms with Crippen LogP contribution in [0.4, 0.5) is 0 Å². The summed E-state index contributed by atoms with van der Waals surface area (Å²) in [6, 6.07) is 5.92. The number of hydrogen-bond acceptors (Lipinski definition) is 3. The van der Waals surface area contributed by atoms with Crippen molar-refractivity contribution in [3.8, 4) is 5.75 Å². The van der Waals surface area contributed by atoms with Gasteiger partial charge in [0.2, 0.25) is 0 Å². The van der Waals surface area contributed by atoms with E-state index in [4.69, 9.17) is 4.74 Å². The Balaban J connectivity index is 1.36. The summed E-state index contributed by atoms with van der Waals surface area (Å²) >= 11 is 0. The van der Waals surface area contributed by atoms with E-state index in [0.717, 1.165) is 59.8 Å². The van der Waals surface area contributed by atoms with E-state index in [1.54, 1.807) is 7.11 Å². The highest BCUT2D eigenvalue weighted by atomic mass is 16.5. The van der Waals surface area contributed by atoms with E-state index in [1.165, 1.54) is 38.5 Å². The number of carbonyl (C=O) groups excluding carboxylic acids is 1. The lowest BCUT2D eigenvalue weighted by molar-refractivity contribution is -0.0976. The van der Waals surface area contributed by atoms with E-state index in [9.17, 15) is 9.90 Å². The maximum Gasteiger partial charge on any atom is 0.166 e. The second kappa shape index (κ2) is 7.61. The lowest BCUT2D eigenvalue weighted by Gasteiger charge is -2.56. The summed E-state index contributed by atoms with van der Waals surface area (Å²) < 4.78 is 5.35. The van der Waals surface area contributed by atoms with Crippen molar-refractivity contribution >= 4 is 5.78 Å². The van der Waals surface area contributed by atoms with Crippen LogP contribution in [0.3, 0.4) is 0 Å². The van der Waals surface area contributed by atoms with E-state index in [2.05, 4.69) is 6.92 Å². The molecule has 31 heavy (non-hydrogen) atoms. The zero-order valence-corrected chi connectivity index (χ0v) is 19.8. The van der Waals surface area contributed by atoms with Crippen LogP contribution in [0.15, 0.2) is 18.2 Å². The second-order valence-corrected chi connectivity index (χ2v) is 11.9. The van der Waals surface area contributed by atoms with Crippen LogP contribution < -0.4 is 4.74 Å². The average molecular weight is 425 g/mol. The van der Waals surface area contributed by atoms with Gasteiger partial charge in [-0.3, -0.25) is 4.79 Å². The summed E-state index contributed by atoms with van der Waals surface area (Å²) in [6.07, 6.45) is 10.5. The van der Waals surface area contributed by atoms with Gasteiger partial charge in [0, 0.05) is 11.5 Å². The topological polar surface area (TPSA) is 46.5 Å². The molecule has 4 fully saturated rings. The molecule has 0 unspecified atom stereocenters. The van der Waals surface area contributed by atoms with Crippen molar-refractivity contribution in [2.24, 2.45) is 40.9 Å². The second-order valence-electron chi connectivity index (χ2n) is 11.9. The zero-order valence-electron chi connectivity index (χ0n) is 19.8. The van der Waals surface area contributed by atoms with Crippen LogP contribution in [-0.2, 0) is 0 Å². The number of fused-ring (bicyclic) bond motifs is 5. The van der Waals surface area contributed by atoms with Crippen molar-refractivity contribution in [3.63, 3.8) is 0 Å². The van der Waals surface area contributed by atoms with Crippen LogP contribution in [0.2, 0.25) is 0 Å². The van der Waals surface area contributed by atoms with Crippen molar-refractivity contribution in [2.75, 3.05) is 7.11 Å². The molecule has 1 aromatic rings. The molecule has 3 nitrogen and oxygen atoms in total. The van der Waals surface area contributed by atoms with E-state index >= 15 is 0 Å². The first-order valence-corrected chi connectivity index (χ1v) is 12.6. The quantitative estimate of drug-likeness (QED) is 0.587. The highest BCUT2D eigenvalue weighted by Crippen LogP contribution is 2.65. The summed E-state index contributed by atoms with van der Waals surface area (Å²) in [7, 11) is 1.68. The number of methoxy groups -OCH3 is 1. The molecule has 3 heteroatoms. The van der Waals surface area contributed by atoms with Gasteiger partial charge < -0.3 is 9.84 Å². The van der Waals surface area contributed by atoms with Gasteiger partial charge in [0.05, 0.1) is 12.7 Å². The Morgan fingerprint density at radius 1 is 1.00 bits per heavy atom. The third-order valence-corrected chi connectivity index (χ3v) is 10.3. The third kappa shape index (κ3) is 3.46. The van der Waals surface area contributed by atoms with E-state index in [1.807, 2.05) is 32.0 Å².